The number of hydrogen-bond donors (Lipinski definition) is 1. The largest absolute Gasteiger partial charge is 0.389 e. The molecule has 0 unspecified atom stereocenters. The molecular formula is C13H25NO. The molecule has 1 N–H and O–H groups in total. The van der Waals surface area contributed by atoms with Gasteiger partial charge in [-0.15, -0.1) is 0 Å². The highest BCUT2D eigenvalue weighted by Gasteiger charge is 2.37. The minimum atomic E-state index is -0.375. The van der Waals surface area contributed by atoms with Gasteiger partial charge >= 0.3 is 0 Å². The molecule has 0 atom stereocenters. The van der Waals surface area contributed by atoms with Crippen LogP contribution in [0.25, 0.3) is 0 Å². The average Bonchev–Trinajstić information content (AvgIpc) is 2.64. The predicted octanol–water partition coefficient (Wildman–Crippen LogP) is 2.41. The van der Waals surface area contributed by atoms with Crippen LogP contribution in [-0.4, -0.2) is 35.2 Å². The van der Waals surface area contributed by atoms with Crippen LogP contribution < -0.4 is 0 Å². The van der Waals surface area contributed by atoms with E-state index >= 15 is 0 Å². The van der Waals surface area contributed by atoms with E-state index in [1.807, 2.05) is 0 Å². The number of β-amino-alcohol motifs (C(OH)–C–C–N with tert-alkyl or cyclic N) is 1. The lowest BCUT2D eigenvalue weighted by Gasteiger charge is -2.42. The molecule has 88 valence electrons. The summed E-state index contributed by atoms with van der Waals surface area (Å²) in [5.74, 6) is 0. The standard InChI is InChI=1S/C13H25NO/c1-12(2)5-7-13(15,8-6-12)11-14-9-3-4-10-14/h15H,3-11H2,1-2H3. The molecular weight excluding hydrogens is 186 g/mol. The lowest BCUT2D eigenvalue weighted by atomic mass is 9.71. The Balaban J connectivity index is 1.85. The maximum absolute atomic E-state index is 10.5. The predicted molar refractivity (Wildman–Crippen MR) is 62.9 cm³/mol. The van der Waals surface area contributed by atoms with Gasteiger partial charge in [-0.05, 0) is 57.0 Å². The lowest BCUT2D eigenvalue weighted by Crippen LogP contribution is -2.45. The van der Waals surface area contributed by atoms with E-state index in [-0.39, 0.29) is 5.60 Å². The third-order valence-corrected chi connectivity index (χ3v) is 4.25. The summed E-state index contributed by atoms with van der Waals surface area (Å²) in [7, 11) is 0. The second kappa shape index (κ2) is 4.06. The molecule has 0 amide bonds. The van der Waals surface area contributed by atoms with Crippen LogP contribution in [0.4, 0.5) is 0 Å². The summed E-state index contributed by atoms with van der Waals surface area (Å²) < 4.78 is 0. The molecule has 2 heteroatoms. The highest BCUT2D eigenvalue weighted by molar-refractivity contribution is 4.91. The Morgan fingerprint density at radius 3 is 2.07 bits per heavy atom. The third kappa shape index (κ3) is 2.94. The fourth-order valence-electron chi connectivity index (χ4n) is 2.91. The molecule has 1 aliphatic carbocycles. The van der Waals surface area contributed by atoms with Gasteiger partial charge in [0.05, 0.1) is 5.60 Å². The van der Waals surface area contributed by atoms with Crippen LogP contribution in [0, 0.1) is 5.41 Å². The van der Waals surface area contributed by atoms with Gasteiger partial charge in [0.15, 0.2) is 0 Å². The lowest BCUT2D eigenvalue weighted by molar-refractivity contribution is -0.0457. The van der Waals surface area contributed by atoms with E-state index in [4.69, 9.17) is 0 Å². The van der Waals surface area contributed by atoms with Crippen LogP contribution in [0.15, 0.2) is 0 Å². The summed E-state index contributed by atoms with van der Waals surface area (Å²) in [4.78, 5) is 2.44. The van der Waals surface area contributed by atoms with Crippen molar-refractivity contribution in [3.63, 3.8) is 0 Å². The molecule has 0 aromatic heterocycles. The van der Waals surface area contributed by atoms with Crippen LogP contribution in [0.1, 0.15) is 52.4 Å². The van der Waals surface area contributed by atoms with Crippen molar-refractivity contribution in [3.8, 4) is 0 Å². The molecule has 1 saturated heterocycles. The summed E-state index contributed by atoms with van der Waals surface area (Å²) in [6.45, 7) is 7.96. The Bertz CT molecular complexity index is 209. The van der Waals surface area contributed by atoms with Crippen molar-refractivity contribution in [2.24, 2.45) is 5.41 Å². The van der Waals surface area contributed by atoms with Gasteiger partial charge in [0.2, 0.25) is 0 Å². The van der Waals surface area contributed by atoms with Crippen molar-refractivity contribution in [2.75, 3.05) is 19.6 Å². The molecule has 2 nitrogen and oxygen atoms in total. The van der Waals surface area contributed by atoms with Crippen molar-refractivity contribution < 1.29 is 5.11 Å². The number of nitrogens with zero attached hydrogens (tertiary/aromatic N) is 1. The monoisotopic (exact) mass is 211 g/mol. The highest BCUT2D eigenvalue weighted by Crippen LogP contribution is 2.40. The van der Waals surface area contributed by atoms with Crippen molar-refractivity contribution in [1.29, 1.82) is 0 Å². The first-order valence-electron chi connectivity index (χ1n) is 6.44. The molecule has 0 spiro atoms. The Labute approximate surface area is 93.7 Å². The molecule has 0 radical (unpaired) electrons. The molecule has 0 aromatic carbocycles. The second-order valence-corrected chi connectivity index (χ2v) is 6.37. The normalized spacial score (nSPS) is 30.6. The van der Waals surface area contributed by atoms with Gasteiger partial charge in [-0.3, -0.25) is 0 Å². The van der Waals surface area contributed by atoms with Gasteiger partial charge < -0.3 is 10.0 Å². The second-order valence-electron chi connectivity index (χ2n) is 6.37. The van der Waals surface area contributed by atoms with Gasteiger partial charge in [-0.1, -0.05) is 13.8 Å². The quantitative estimate of drug-likeness (QED) is 0.758. The number of rotatable bonds is 2. The molecule has 2 aliphatic rings. The maximum Gasteiger partial charge on any atom is 0.0774 e. The molecule has 2 rings (SSSR count). The molecule has 0 aromatic rings. The van der Waals surface area contributed by atoms with E-state index in [0.717, 1.165) is 19.4 Å². The number of aliphatic hydroxyl groups is 1. The zero-order valence-corrected chi connectivity index (χ0v) is 10.3. The Hall–Kier alpha value is -0.0800. The van der Waals surface area contributed by atoms with E-state index in [1.54, 1.807) is 0 Å². The first kappa shape index (κ1) is 11.4. The van der Waals surface area contributed by atoms with Crippen LogP contribution >= 0.6 is 0 Å². The molecule has 0 bridgehead atoms. The van der Waals surface area contributed by atoms with Crippen molar-refractivity contribution in [2.45, 2.75) is 58.0 Å². The van der Waals surface area contributed by atoms with Gasteiger partial charge in [-0.25, -0.2) is 0 Å². The summed E-state index contributed by atoms with van der Waals surface area (Å²) in [5, 5.41) is 10.5. The summed E-state index contributed by atoms with van der Waals surface area (Å²) >= 11 is 0. The molecule has 1 heterocycles. The minimum absolute atomic E-state index is 0.375. The third-order valence-electron chi connectivity index (χ3n) is 4.25. The first-order valence-corrected chi connectivity index (χ1v) is 6.44. The molecule has 2 fully saturated rings. The van der Waals surface area contributed by atoms with E-state index in [1.165, 1.54) is 38.8 Å². The molecule has 1 aliphatic heterocycles. The van der Waals surface area contributed by atoms with Crippen LogP contribution in [0.5, 0.6) is 0 Å². The fourth-order valence-corrected chi connectivity index (χ4v) is 2.91. The highest BCUT2D eigenvalue weighted by atomic mass is 16.3. The van der Waals surface area contributed by atoms with Crippen molar-refractivity contribution >= 4 is 0 Å². The summed E-state index contributed by atoms with van der Waals surface area (Å²) in [6.07, 6.45) is 6.99. The first-order chi connectivity index (χ1) is 6.99. The van der Waals surface area contributed by atoms with E-state index in [0.29, 0.717) is 5.41 Å². The molecule has 15 heavy (non-hydrogen) atoms. The van der Waals surface area contributed by atoms with E-state index in [2.05, 4.69) is 18.7 Å². The van der Waals surface area contributed by atoms with Crippen LogP contribution in [0.2, 0.25) is 0 Å². The van der Waals surface area contributed by atoms with Crippen molar-refractivity contribution in [1.82, 2.24) is 4.90 Å². The topological polar surface area (TPSA) is 23.5 Å². The van der Waals surface area contributed by atoms with Crippen LogP contribution in [-0.2, 0) is 0 Å². The van der Waals surface area contributed by atoms with Gasteiger partial charge in [0, 0.05) is 6.54 Å². The smallest absolute Gasteiger partial charge is 0.0774 e. The van der Waals surface area contributed by atoms with Gasteiger partial charge in [0.25, 0.3) is 0 Å². The minimum Gasteiger partial charge on any atom is -0.389 e. The van der Waals surface area contributed by atoms with Crippen molar-refractivity contribution in [3.05, 3.63) is 0 Å². The fraction of sp³-hybridized carbons (Fsp3) is 1.00. The Kier molecular flexibility index (Phi) is 3.09. The Morgan fingerprint density at radius 2 is 1.53 bits per heavy atom. The van der Waals surface area contributed by atoms with Gasteiger partial charge in [-0.2, -0.15) is 0 Å². The zero-order valence-electron chi connectivity index (χ0n) is 10.3. The van der Waals surface area contributed by atoms with E-state index < -0.39 is 0 Å². The van der Waals surface area contributed by atoms with Gasteiger partial charge in [0.1, 0.15) is 0 Å². The Morgan fingerprint density at radius 1 is 1.00 bits per heavy atom. The summed E-state index contributed by atoms with van der Waals surface area (Å²) in [5.41, 5.74) is 0.0805. The summed E-state index contributed by atoms with van der Waals surface area (Å²) in [6, 6.07) is 0. The van der Waals surface area contributed by atoms with Crippen LogP contribution in [0.3, 0.4) is 0 Å². The number of likely N-dealkylation sites (tertiary alicyclic amines) is 1. The maximum atomic E-state index is 10.5. The van der Waals surface area contributed by atoms with E-state index in [9.17, 15) is 5.11 Å². The zero-order chi connectivity index (χ0) is 10.9. The SMILES string of the molecule is CC1(C)CCC(O)(CN2CCCC2)CC1. The molecule has 1 saturated carbocycles. The average molecular weight is 211 g/mol. The number of hydrogen-bond acceptors (Lipinski definition) is 2.